The standard InChI is InChI=1S/C7H13N3O2/c8-10-7(12)6(11)9-4-5-2-1-3-5/h5H,1-4,8H2,(H,9,11)(H,10,12). The van der Waals surface area contributed by atoms with Crippen molar-refractivity contribution in [2.45, 2.75) is 19.3 Å². The molecule has 1 fully saturated rings. The first kappa shape index (κ1) is 8.99. The van der Waals surface area contributed by atoms with Crippen molar-refractivity contribution in [3.63, 3.8) is 0 Å². The second-order valence-corrected chi connectivity index (χ2v) is 2.98. The number of carbonyl (C=O) groups is 2. The normalized spacial score (nSPS) is 16.4. The van der Waals surface area contributed by atoms with Crippen LogP contribution in [0.15, 0.2) is 0 Å². The van der Waals surface area contributed by atoms with Crippen LogP contribution in [0.25, 0.3) is 0 Å². The van der Waals surface area contributed by atoms with Gasteiger partial charge in [-0.15, -0.1) is 0 Å². The SMILES string of the molecule is NNC(=O)C(=O)NCC1CCC1. The van der Waals surface area contributed by atoms with E-state index >= 15 is 0 Å². The molecule has 0 aromatic heterocycles. The quantitative estimate of drug-likeness (QED) is 0.213. The smallest absolute Gasteiger partial charge is 0.323 e. The molecule has 1 aliphatic carbocycles. The van der Waals surface area contributed by atoms with Crippen LogP contribution in [0.1, 0.15) is 19.3 Å². The Morgan fingerprint density at radius 2 is 2.00 bits per heavy atom. The molecule has 0 bridgehead atoms. The van der Waals surface area contributed by atoms with Crippen molar-refractivity contribution >= 4 is 11.8 Å². The summed E-state index contributed by atoms with van der Waals surface area (Å²) in [6.07, 6.45) is 3.51. The molecule has 0 aliphatic heterocycles. The molecular formula is C7H13N3O2. The zero-order chi connectivity index (χ0) is 8.97. The van der Waals surface area contributed by atoms with Crippen molar-refractivity contribution in [1.29, 1.82) is 0 Å². The molecule has 5 nitrogen and oxygen atoms in total. The summed E-state index contributed by atoms with van der Waals surface area (Å²) in [7, 11) is 0. The van der Waals surface area contributed by atoms with Gasteiger partial charge in [0.1, 0.15) is 0 Å². The summed E-state index contributed by atoms with van der Waals surface area (Å²) in [6, 6.07) is 0. The predicted octanol–water partition coefficient (Wildman–Crippen LogP) is -1.11. The lowest BCUT2D eigenvalue weighted by Crippen LogP contribution is -2.45. The van der Waals surface area contributed by atoms with Gasteiger partial charge in [-0.05, 0) is 18.8 Å². The molecule has 12 heavy (non-hydrogen) atoms. The van der Waals surface area contributed by atoms with Gasteiger partial charge in [0, 0.05) is 6.54 Å². The Hall–Kier alpha value is -1.10. The van der Waals surface area contributed by atoms with Gasteiger partial charge < -0.3 is 5.32 Å². The van der Waals surface area contributed by atoms with Crippen LogP contribution in [0, 0.1) is 5.92 Å². The molecule has 4 N–H and O–H groups in total. The summed E-state index contributed by atoms with van der Waals surface area (Å²) < 4.78 is 0. The number of hydrogen-bond acceptors (Lipinski definition) is 3. The summed E-state index contributed by atoms with van der Waals surface area (Å²) in [5, 5.41) is 2.50. The van der Waals surface area contributed by atoms with Crippen molar-refractivity contribution in [1.82, 2.24) is 10.7 Å². The molecular weight excluding hydrogens is 158 g/mol. The summed E-state index contributed by atoms with van der Waals surface area (Å²) >= 11 is 0. The zero-order valence-corrected chi connectivity index (χ0v) is 6.80. The van der Waals surface area contributed by atoms with Gasteiger partial charge in [0.05, 0.1) is 0 Å². The molecule has 0 atom stereocenters. The van der Waals surface area contributed by atoms with E-state index in [-0.39, 0.29) is 0 Å². The zero-order valence-electron chi connectivity index (χ0n) is 6.80. The number of nitrogens with one attached hydrogen (secondary N) is 2. The van der Waals surface area contributed by atoms with Gasteiger partial charge in [0.15, 0.2) is 0 Å². The van der Waals surface area contributed by atoms with E-state index in [0.29, 0.717) is 12.5 Å². The van der Waals surface area contributed by atoms with Gasteiger partial charge in [-0.25, -0.2) is 5.84 Å². The van der Waals surface area contributed by atoms with Gasteiger partial charge >= 0.3 is 11.8 Å². The highest BCUT2D eigenvalue weighted by molar-refractivity contribution is 6.34. The van der Waals surface area contributed by atoms with Crippen LogP contribution in [0.4, 0.5) is 0 Å². The second-order valence-electron chi connectivity index (χ2n) is 2.98. The average Bonchev–Trinajstić information content (AvgIpc) is 2.00. The predicted molar refractivity (Wildman–Crippen MR) is 42.7 cm³/mol. The number of rotatable bonds is 2. The summed E-state index contributed by atoms with van der Waals surface area (Å²) in [5.74, 6) is 3.89. The van der Waals surface area contributed by atoms with Crippen molar-refractivity contribution in [2.24, 2.45) is 11.8 Å². The Labute approximate surface area is 70.7 Å². The monoisotopic (exact) mass is 171 g/mol. The maximum atomic E-state index is 10.8. The molecule has 0 radical (unpaired) electrons. The van der Waals surface area contributed by atoms with E-state index < -0.39 is 11.8 Å². The molecule has 0 spiro atoms. The third-order valence-corrected chi connectivity index (χ3v) is 2.11. The third kappa shape index (κ3) is 2.20. The second kappa shape index (κ2) is 4.06. The molecule has 1 aliphatic rings. The fraction of sp³-hybridized carbons (Fsp3) is 0.714. The fourth-order valence-electron chi connectivity index (χ4n) is 1.08. The molecule has 0 saturated heterocycles. The Bertz CT molecular complexity index is 189. The van der Waals surface area contributed by atoms with Gasteiger partial charge in [-0.2, -0.15) is 0 Å². The highest BCUT2D eigenvalue weighted by Crippen LogP contribution is 2.24. The Kier molecular flexibility index (Phi) is 3.04. The van der Waals surface area contributed by atoms with Crippen LogP contribution < -0.4 is 16.6 Å². The number of amides is 2. The third-order valence-electron chi connectivity index (χ3n) is 2.11. The molecule has 5 heteroatoms. The van der Waals surface area contributed by atoms with Crippen LogP contribution in [0.5, 0.6) is 0 Å². The first-order chi connectivity index (χ1) is 5.74. The van der Waals surface area contributed by atoms with E-state index in [9.17, 15) is 9.59 Å². The number of hydrogen-bond donors (Lipinski definition) is 3. The van der Waals surface area contributed by atoms with Crippen LogP contribution in [-0.4, -0.2) is 18.4 Å². The Morgan fingerprint density at radius 1 is 1.33 bits per heavy atom. The molecule has 68 valence electrons. The lowest BCUT2D eigenvalue weighted by Gasteiger charge is -2.24. The molecule has 0 aromatic rings. The first-order valence-corrected chi connectivity index (χ1v) is 4.03. The molecule has 0 aromatic carbocycles. The van der Waals surface area contributed by atoms with Gasteiger partial charge in [0.2, 0.25) is 0 Å². The topological polar surface area (TPSA) is 84.2 Å². The van der Waals surface area contributed by atoms with Crippen molar-refractivity contribution < 1.29 is 9.59 Å². The van der Waals surface area contributed by atoms with Crippen molar-refractivity contribution in [3.8, 4) is 0 Å². The van der Waals surface area contributed by atoms with Crippen LogP contribution >= 0.6 is 0 Å². The molecule has 2 amide bonds. The van der Waals surface area contributed by atoms with E-state index in [1.54, 1.807) is 5.43 Å². The lowest BCUT2D eigenvalue weighted by atomic mass is 9.85. The van der Waals surface area contributed by atoms with Gasteiger partial charge in [-0.1, -0.05) is 6.42 Å². The lowest BCUT2D eigenvalue weighted by molar-refractivity contribution is -0.139. The fourth-order valence-corrected chi connectivity index (χ4v) is 1.08. The van der Waals surface area contributed by atoms with E-state index in [4.69, 9.17) is 5.84 Å². The first-order valence-electron chi connectivity index (χ1n) is 4.03. The van der Waals surface area contributed by atoms with Crippen LogP contribution in [0.2, 0.25) is 0 Å². The molecule has 0 unspecified atom stereocenters. The Balaban J connectivity index is 2.13. The minimum absolute atomic E-state index is 0.555. The average molecular weight is 171 g/mol. The molecule has 1 rings (SSSR count). The highest BCUT2D eigenvalue weighted by atomic mass is 16.2. The summed E-state index contributed by atoms with van der Waals surface area (Å²) in [6.45, 7) is 0.590. The van der Waals surface area contributed by atoms with Crippen molar-refractivity contribution in [3.05, 3.63) is 0 Å². The summed E-state index contributed by atoms with van der Waals surface area (Å²) in [5.41, 5.74) is 1.77. The minimum atomic E-state index is -0.783. The highest BCUT2D eigenvalue weighted by Gasteiger charge is 2.19. The van der Waals surface area contributed by atoms with E-state index in [1.165, 1.54) is 6.42 Å². The van der Waals surface area contributed by atoms with Gasteiger partial charge in [-0.3, -0.25) is 15.0 Å². The Morgan fingerprint density at radius 3 is 2.42 bits per heavy atom. The molecule has 1 saturated carbocycles. The number of nitrogens with two attached hydrogens (primary N) is 1. The van der Waals surface area contributed by atoms with Crippen LogP contribution in [-0.2, 0) is 9.59 Å². The number of carbonyl (C=O) groups excluding carboxylic acids is 2. The van der Waals surface area contributed by atoms with E-state index in [1.807, 2.05) is 0 Å². The maximum Gasteiger partial charge on any atom is 0.323 e. The van der Waals surface area contributed by atoms with Crippen LogP contribution in [0.3, 0.4) is 0 Å². The molecule has 0 heterocycles. The summed E-state index contributed by atoms with van der Waals surface area (Å²) in [4.78, 5) is 21.4. The van der Waals surface area contributed by atoms with Crippen molar-refractivity contribution in [2.75, 3.05) is 6.54 Å². The maximum absolute atomic E-state index is 10.8. The van der Waals surface area contributed by atoms with E-state index in [2.05, 4.69) is 5.32 Å². The number of hydrazine groups is 1. The van der Waals surface area contributed by atoms with Gasteiger partial charge in [0.25, 0.3) is 0 Å². The van der Waals surface area contributed by atoms with E-state index in [0.717, 1.165) is 12.8 Å². The largest absolute Gasteiger partial charge is 0.348 e. The minimum Gasteiger partial charge on any atom is -0.348 e.